The molecule has 0 heterocycles. The van der Waals surface area contributed by atoms with E-state index >= 15 is 0 Å². The lowest BCUT2D eigenvalue weighted by atomic mass is 9.73. The molecular formula is C24H40NO3+. The fraction of sp³-hybridized carbons (Fsp3) is 0.708. The van der Waals surface area contributed by atoms with Crippen molar-refractivity contribution < 1.29 is 19.1 Å². The largest absolute Gasteiger partial charge is 0.463 e. The van der Waals surface area contributed by atoms with Crippen molar-refractivity contribution in [3.63, 3.8) is 0 Å². The lowest BCUT2D eigenvalue weighted by molar-refractivity contribution is -0.925. The molecule has 1 atom stereocenters. The Hall–Kier alpha value is -1.39. The maximum absolute atomic E-state index is 13.1. The zero-order valence-corrected chi connectivity index (χ0v) is 18.2. The molecule has 1 fully saturated rings. The molecule has 0 saturated heterocycles. The van der Waals surface area contributed by atoms with Gasteiger partial charge in [0.2, 0.25) is 0 Å². The highest BCUT2D eigenvalue weighted by Crippen LogP contribution is 2.40. The quantitative estimate of drug-likeness (QED) is 0.340. The SMILES string of the molecule is CCC[N+](CC)(CC)CCCOC(=O)C(O)(c1ccccc1)C1CCCCC1. The normalized spacial score (nSPS) is 17.9. The van der Waals surface area contributed by atoms with Gasteiger partial charge in [0.25, 0.3) is 0 Å². The second kappa shape index (κ2) is 11.0. The summed E-state index contributed by atoms with van der Waals surface area (Å²) in [6, 6.07) is 9.39. The zero-order valence-electron chi connectivity index (χ0n) is 18.2. The number of rotatable bonds is 11. The molecule has 0 radical (unpaired) electrons. The highest BCUT2D eigenvalue weighted by molar-refractivity contribution is 5.81. The van der Waals surface area contributed by atoms with Crippen LogP contribution < -0.4 is 0 Å². The Morgan fingerprint density at radius 3 is 2.29 bits per heavy atom. The molecule has 0 aromatic heterocycles. The van der Waals surface area contributed by atoms with E-state index in [0.717, 1.165) is 69.2 Å². The molecule has 1 saturated carbocycles. The topological polar surface area (TPSA) is 46.5 Å². The number of esters is 1. The van der Waals surface area contributed by atoms with Crippen LogP contribution in [0.3, 0.4) is 0 Å². The van der Waals surface area contributed by atoms with Gasteiger partial charge in [-0.15, -0.1) is 0 Å². The van der Waals surface area contributed by atoms with Crippen molar-refractivity contribution >= 4 is 5.97 Å². The van der Waals surface area contributed by atoms with E-state index in [9.17, 15) is 9.90 Å². The minimum atomic E-state index is -1.52. The van der Waals surface area contributed by atoms with Crippen molar-refractivity contribution in [3.05, 3.63) is 35.9 Å². The summed E-state index contributed by atoms with van der Waals surface area (Å²) in [6.45, 7) is 11.5. The average molecular weight is 391 g/mol. The summed E-state index contributed by atoms with van der Waals surface area (Å²) in [5.41, 5.74) is -0.850. The van der Waals surface area contributed by atoms with Crippen molar-refractivity contribution in [2.45, 2.75) is 71.3 Å². The van der Waals surface area contributed by atoms with Crippen molar-refractivity contribution in [1.29, 1.82) is 0 Å². The molecule has 0 amide bonds. The van der Waals surface area contributed by atoms with Gasteiger partial charge in [-0.3, -0.25) is 0 Å². The second-order valence-electron chi connectivity index (χ2n) is 8.38. The summed E-state index contributed by atoms with van der Waals surface area (Å²) in [7, 11) is 0. The van der Waals surface area contributed by atoms with E-state index in [2.05, 4.69) is 20.8 Å². The van der Waals surface area contributed by atoms with Gasteiger partial charge in [0.1, 0.15) is 0 Å². The number of hydrogen-bond donors (Lipinski definition) is 1. The zero-order chi connectivity index (χ0) is 20.5. The molecule has 1 aliphatic rings. The lowest BCUT2D eigenvalue weighted by Gasteiger charge is -2.38. The molecule has 1 unspecified atom stereocenters. The van der Waals surface area contributed by atoms with E-state index in [4.69, 9.17) is 4.74 Å². The third kappa shape index (κ3) is 5.36. The lowest BCUT2D eigenvalue weighted by Crippen LogP contribution is -2.49. The molecule has 1 N–H and O–H groups in total. The second-order valence-corrected chi connectivity index (χ2v) is 8.38. The van der Waals surface area contributed by atoms with E-state index in [1.807, 2.05) is 30.3 Å². The van der Waals surface area contributed by atoms with Crippen LogP contribution in [0.5, 0.6) is 0 Å². The molecule has 1 aliphatic carbocycles. The maximum Gasteiger partial charge on any atom is 0.343 e. The van der Waals surface area contributed by atoms with Crippen LogP contribution in [0.1, 0.15) is 71.3 Å². The van der Waals surface area contributed by atoms with E-state index in [1.165, 1.54) is 6.42 Å². The third-order valence-electron chi connectivity index (χ3n) is 6.77. The Balaban J connectivity index is 2.03. The van der Waals surface area contributed by atoms with Crippen LogP contribution in [0.2, 0.25) is 0 Å². The molecule has 1 aromatic carbocycles. The molecular weight excluding hydrogens is 350 g/mol. The molecule has 0 bridgehead atoms. The molecule has 4 heteroatoms. The summed E-state index contributed by atoms with van der Waals surface area (Å²) in [5, 5.41) is 11.5. The maximum atomic E-state index is 13.1. The monoisotopic (exact) mass is 390 g/mol. The molecule has 2 rings (SSSR count). The first-order valence-corrected chi connectivity index (χ1v) is 11.3. The summed E-state index contributed by atoms with van der Waals surface area (Å²) in [6.07, 6.45) is 7.07. The van der Waals surface area contributed by atoms with Crippen LogP contribution in [-0.4, -0.2) is 48.3 Å². The van der Waals surface area contributed by atoms with Gasteiger partial charge in [-0.1, -0.05) is 56.5 Å². The van der Waals surface area contributed by atoms with Crippen LogP contribution >= 0.6 is 0 Å². The minimum Gasteiger partial charge on any atom is -0.463 e. The van der Waals surface area contributed by atoms with E-state index in [0.29, 0.717) is 12.2 Å². The summed E-state index contributed by atoms with van der Waals surface area (Å²) < 4.78 is 6.75. The smallest absolute Gasteiger partial charge is 0.343 e. The van der Waals surface area contributed by atoms with Gasteiger partial charge < -0.3 is 14.3 Å². The predicted octanol–water partition coefficient (Wildman–Crippen LogP) is 4.65. The number of nitrogens with zero attached hydrogens (tertiary/aromatic N) is 1. The van der Waals surface area contributed by atoms with Gasteiger partial charge >= 0.3 is 5.97 Å². The first-order valence-electron chi connectivity index (χ1n) is 11.3. The fourth-order valence-electron chi connectivity index (χ4n) is 4.85. The van der Waals surface area contributed by atoms with Gasteiger partial charge in [0.15, 0.2) is 5.60 Å². The Labute approximate surface area is 171 Å². The molecule has 4 nitrogen and oxygen atoms in total. The van der Waals surface area contributed by atoms with E-state index in [1.54, 1.807) is 0 Å². The van der Waals surface area contributed by atoms with Gasteiger partial charge in [-0.25, -0.2) is 4.79 Å². The fourth-order valence-corrected chi connectivity index (χ4v) is 4.85. The summed E-state index contributed by atoms with van der Waals surface area (Å²) >= 11 is 0. The number of benzene rings is 1. The Morgan fingerprint density at radius 2 is 1.71 bits per heavy atom. The summed E-state index contributed by atoms with van der Waals surface area (Å²) in [4.78, 5) is 13.1. The standard InChI is InChI=1S/C24H40NO3/c1-4-18-25(5-2,6-3)19-13-20-28-23(26)24(27,21-14-9-7-10-15-21)22-16-11-8-12-17-22/h7,9-10,14-15,22,27H,4-6,8,11-13,16-20H2,1-3H3/q+1. The number of aliphatic hydroxyl groups is 1. The van der Waals surface area contributed by atoms with Crippen molar-refractivity contribution in [1.82, 2.24) is 0 Å². The highest BCUT2D eigenvalue weighted by atomic mass is 16.5. The van der Waals surface area contributed by atoms with Gasteiger partial charge in [-0.05, 0) is 38.7 Å². The summed E-state index contributed by atoms with van der Waals surface area (Å²) in [5.74, 6) is -0.524. The highest BCUT2D eigenvalue weighted by Gasteiger charge is 2.47. The number of hydrogen-bond acceptors (Lipinski definition) is 3. The van der Waals surface area contributed by atoms with Crippen LogP contribution in [0, 0.1) is 5.92 Å². The van der Waals surface area contributed by atoms with Crippen LogP contribution in [0.4, 0.5) is 0 Å². The Bertz CT molecular complexity index is 579. The van der Waals surface area contributed by atoms with Gasteiger partial charge in [0, 0.05) is 12.3 Å². The number of quaternary nitrogens is 1. The predicted molar refractivity (Wildman–Crippen MR) is 114 cm³/mol. The van der Waals surface area contributed by atoms with E-state index < -0.39 is 11.6 Å². The number of ether oxygens (including phenoxy) is 1. The molecule has 0 spiro atoms. The first kappa shape index (κ1) is 22.9. The first-order chi connectivity index (χ1) is 13.5. The Kier molecular flexibility index (Phi) is 8.97. The molecule has 1 aromatic rings. The van der Waals surface area contributed by atoms with Crippen LogP contribution in [-0.2, 0) is 15.1 Å². The van der Waals surface area contributed by atoms with Gasteiger partial charge in [0.05, 0.1) is 32.8 Å². The number of carbonyl (C=O) groups excluding carboxylic acids is 1. The Morgan fingerprint density at radius 1 is 1.07 bits per heavy atom. The van der Waals surface area contributed by atoms with E-state index in [-0.39, 0.29) is 5.92 Å². The van der Waals surface area contributed by atoms with Crippen LogP contribution in [0.25, 0.3) is 0 Å². The van der Waals surface area contributed by atoms with Crippen molar-refractivity contribution in [2.75, 3.05) is 32.8 Å². The van der Waals surface area contributed by atoms with Crippen molar-refractivity contribution in [3.8, 4) is 0 Å². The average Bonchev–Trinajstić information content (AvgIpc) is 2.76. The molecule has 28 heavy (non-hydrogen) atoms. The number of carbonyl (C=O) groups is 1. The third-order valence-corrected chi connectivity index (χ3v) is 6.77. The van der Waals surface area contributed by atoms with Crippen molar-refractivity contribution in [2.24, 2.45) is 5.92 Å². The van der Waals surface area contributed by atoms with Crippen LogP contribution in [0.15, 0.2) is 30.3 Å². The molecule has 158 valence electrons. The minimum absolute atomic E-state index is 0.0580. The van der Waals surface area contributed by atoms with Gasteiger partial charge in [-0.2, -0.15) is 0 Å². The molecule has 0 aliphatic heterocycles.